The van der Waals surface area contributed by atoms with Crippen LogP contribution in [0.2, 0.25) is 0 Å². The number of benzene rings is 2. The first-order chi connectivity index (χ1) is 14.2. The van der Waals surface area contributed by atoms with Gasteiger partial charge in [-0.3, -0.25) is 9.59 Å². The minimum absolute atomic E-state index is 0.139. The normalized spacial score (nSPS) is 17.0. The molecule has 160 valence electrons. The van der Waals surface area contributed by atoms with Crippen LogP contribution in [0.4, 0.5) is 5.69 Å². The van der Waals surface area contributed by atoms with Crippen molar-refractivity contribution in [3.63, 3.8) is 0 Å². The third-order valence-corrected chi connectivity index (χ3v) is 6.88. The molecule has 1 heterocycles. The van der Waals surface area contributed by atoms with Gasteiger partial charge in [0.1, 0.15) is 6.04 Å². The number of carbonyl (C=O) groups is 2. The number of ether oxygens (including phenoxy) is 1. The fraction of sp³-hybridized carbons (Fsp3) is 0.364. The van der Waals surface area contributed by atoms with E-state index in [9.17, 15) is 18.0 Å². The summed E-state index contributed by atoms with van der Waals surface area (Å²) < 4.78 is 32.2. The van der Waals surface area contributed by atoms with Crippen LogP contribution in [0.25, 0.3) is 0 Å². The molecule has 0 spiro atoms. The molecule has 7 nitrogen and oxygen atoms in total. The predicted molar refractivity (Wildman–Crippen MR) is 114 cm³/mol. The lowest BCUT2D eigenvalue weighted by molar-refractivity contribution is -0.150. The van der Waals surface area contributed by atoms with Crippen molar-refractivity contribution in [3.8, 4) is 0 Å². The van der Waals surface area contributed by atoms with E-state index < -0.39 is 34.5 Å². The van der Waals surface area contributed by atoms with Gasteiger partial charge < -0.3 is 10.1 Å². The number of nitrogens with one attached hydrogen (secondary N) is 1. The molecule has 1 N–H and O–H groups in total. The summed E-state index contributed by atoms with van der Waals surface area (Å²) in [5, 5.41) is 2.69. The number of amides is 1. The summed E-state index contributed by atoms with van der Waals surface area (Å²) in [7, 11) is -3.81. The van der Waals surface area contributed by atoms with E-state index in [1.54, 1.807) is 12.1 Å². The molecule has 0 bridgehead atoms. The number of hydrogen-bond donors (Lipinski definition) is 1. The zero-order valence-electron chi connectivity index (χ0n) is 17.3. The van der Waals surface area contributed by atoms with E-state index in [1.807, 2.05) is 39.0 Å². The first-order valence-corrected chi connectivity index (χ1v) is 11.2. The molecule has 0 aliphatic carbocycles. The Balaban J connectivity index is 1.63. The smallest absolute Gasteiger partial charge is 0.324 e. The second-order valence-corrected chi connectivity index (χ2v) is 9.51. The van der Waals surface area contributed by atoms with E-state index in [1.165, 1.54) is 16.4 Å². The molecule has 0 saturated carbocycles. The van der Waals surface area contributed by atoms with Crippen LogP contribution >= 0.6 is 0 Å². The minimum Gasteiger partial charge on any atom is -0.454 e. The van der Waals surface area contributed by atoms with Crippen LogP contribution in [-0.4, -0.2) is 43.8 Å². The van der Waals surface area contributed by atoms with Gasteiger partial charge >= 0.3 is 5.97 Å². The average molecular weight is 431 g/mol. The Labute approximate surface area is 177 Å². The number of nitrogens with zero attached hydrogens (tertiary/aromatic N) is 1. The third-order valence-electron chi connectivity index (χ3n) is 4.95. The lowest BCUT2D eigenvalue weighted by Crippen LogP contribution is -2.42. The van der Waals surface area contributed by atoms with Crippen molar-refractivity contribution in [2.75, 3.05) is 18.5 Å². The molecule has 1 fully saturated rings. The lowest BCUT2D eigenvalue weighted by Gasteiger charge is -2.22. The molecule has 0 unspecified atom stereocenters. The van der Waals surface area contributed by atoms with E-state index in [0.29, 0.717) is 18.5 Å². The molecule has 0 radical (unpaired) electrons. The topological polar surface area (TPSA) is 92.8 Å². The Hall–Kier alpha value is -2.71. The monoisotopic (exact) mass is 430 g/mol. The molecule has 2 aromatic carbocycles. The van der Waals surface area contributed by atoms with Gasteiger partial charge in [0.25, 0.3) is 5.91 Å². The number of sulfonamides is 1. The Morgan fingerprint density at radius 1 is 1.03 bits per heavy atom. The Morgan fingerprint density at radius 2 is 1.67 bits per heavy atom. The van der Waals surface area contributed by atoms with Crippen LogP contribution in [0.5, 0.6) is 0 Å². The van der Waals surface area contributed by atoms with Crippen LogP contribution in [-0.2, 0) is 24.3 Å². The van der Waals surface area contributed by atoms with Crippen LogP contribution in [0, 0.1) is 20.8 Å². The summed E-state index contributed by atoms with van der Waals surface area (Å²) in [6.07, 6.45) is 0.919. The van der Waals surface area contributed by atoms with Gasteiger partial charge in [-0.25, -0.2) is 8.42 Å². The molecule has 1 saturated heterocycles. The number of hydrogen-bond acceptors (Lipinski definition) is 5. The second-order valence-electron chi connectivity index (χ2n) is 7.62. The third kappa shape index (κ3) is 5.06. The summed E-state index contributed by atoms with van der Waals surface area (Å²) in [5.74, 6) is -1.18. The molecule has 1 aliphatic rings. The van der Waals surface area contributed by atoms with E-state index in [4.69, 9.17) is 4.74 Å². The molecule has 8 heteroatoms. The number of carbonyl (C=O) groups excluding carboxylic acids is 2. The van der Waals surface area contributed by atoms with Crippen LogP contribution < -0.4 is 5.32 Å². The highest BCUT2D eigenvalue weighted by Crippen LogP contribution is 2.27. The first kappa shape index (κ1) is 22.0. The maximum Gasteiger partial charge on any atom is 0.324 e. The van der Waals surface area contributed by atoms with Crippen LogP contribution in [0.3, 0.4) is 0 Å². The standard InChI is InChI=1S/C22H26N2O5S/c1-15-6-8-19(9-7-15)30(27,28)24-10-4-5-20(24)22(26)29-14-21(25)23-18-12-16(2)11-17(3)13-18/h6-9,11-13,20H,4-5,10,14H2,1-3H3,(H,23,25)/t20-/m0/s1. The van der Waals surface area contributed by atoms with Crippen LogP contribution in [0.1, 0.15) is 29.5 Å². The van der Waals surface area contributed by atoms with Crippen LogP contribution in [0.15, 0.2) is 47.4 Å². The van der Waals surface area contributed by atoms with E-state index in [0.717, 1.165) is 16.7 Å². The van der Waals surface area contributed by atoms with Gasteiger partial charge in [0.05, 0.1) is 4.90 Å². The van der Waals surface area contributed by atoms with Gasteiger partial charge in [0.2, 0.25) is 10.0 Å². The second kappa shape index (κ2) is 8.97. The molecule has 3 rings (SSSR count). The number of aryl methyl sites for hydroxylation is 3. The van der Waals surface area contributed by atoms with Gasteiger partial charge in [0, 0.05) is 12.2 Å². The van der Waals surface area contributed by atoms with Crippen molar-refractivity contribution < 1.29 is 22.7 Å². The summed E-state index contributed by atoms with van der Waals surface area (Å²) in [6, 6.07) is 11.2. The number of anilines is 1. The highest BCUT2D eigenvalue weighted by atomic mass is 32.2. The molecule has 1 amide bonds. The van der Waals surface area contributed by atoms with Gasteiger partial charge in [-0.2, -0.15) is 4.31 Å². The van der Waals surface area contributed by atoms with Gasteiger partial charge in [-0.05, 0) is 69.0 Å². The highest BCUT2D eigenvalue weighted by molar-refractivity contribution is 7.89. The zero-order chi connectivity index (χ0) is 21.9. The van der Waals surface area contributed by atoms with Crippen molar-refractivity contribution in [3.05, 3.63) is 59.2 Å². The Morgan fingerprint density at radius 3 is 2.30 bits per heavy atom. The molecule has 2 aromatic rings. The average Bonchev–Trinajstić information content (AvgIpc) is 3.16. The molecular formula is C22H26N2O5S. The summed E-state index contributed by atoms with van der Waals surface area (Å²) in [6.45, 7) is 5.48. The van der Waals surface area contributed by atoms with Gasteiger partial charge in [-0.1, -0.05) is 23.8 Å². The van der Waals surface area contributed by atoms with Gasteiger partial charge in [-0.15, -0.1) is 0 Å². The van der Waals surface area contributed by atoms with Crippen molar-refractivity contribution in [2.45, 2.75) is 44.6 Å². The first-order valence-electron chi connectivity index (χ1n) is 9.80. The summed E-state index contributed by atoms with van der Waals surface area (Å²) in [5.41, 5.74) is 3.58. The van der Waals surface area contributed by atoms with Crippen molar-refractivity contribution >= 4 is 27.6 Å². The molecule has 0 aromatic heterocycles. The largest absolute Gasteiger partial charge is 0.454 e. The predicted octanol–water partition coefficient (Wildman–Crippen LogP) is 2.95. The van der Waals surface area contributed by atoms with Crippen molar-refractivity contribution in [2.24, 2.45) is 0 Å². The fourth-order valence-electron chi connectivity index (χ4n) is 3.59. The summed E-state index contributed by atoms with van der Waals surface area (Å²) in [4.78, 5) is 24.8. The van der Waals surface area contributed by atoms with Crippen molar-refractivity contribution in [1.29, 1.82) is 0 Å². The van der Waals surface area contributed by atoms with E-state index >= 15 is 0 Å². The summed E-state index contributed by atoms with van der Waals surface area (Å²) >= 11 is 0. The van der Waals surface area contributed by atoms with Crippen molar-refractivity contribution in [1.82, 2.24) is 4.31 Å². The maximum absolute atomic E-state index is 12.9. The molecular weight excluding hydrogens is 404 g/mol. The quantitative estimate of drug-likeness (QED) is 0.712. The maximum atomic E-state index is 12.9. The SMILES string of the molecule is Cc1ccc(S(=O)(=O)N2CCC[C@H]2C(=O)OCC(=O)Nc2cc(C)cc(C)c2)cc1. The lowest BCUT2D eigenvalue weighted by atomic mass is 10.1. The number of rotatable bonds is 6. The molecule has 1 atom stereocenters. The molecule has 30 heavy (non-hydrogen) atoms. The van der Waals surface area contributed by atoms with Gasteiger partial charge in [0.15, 0.2) is 6.61 Å². The molecule has 1 aliphatic heterocycles. The highest BCUT2D eigenvalue weighted by Gasteiger charge is 2.40. The minimum atomic E-state index is -3.81. The van der Waals surface area contributed by atoms with E-state index in [2.05, 4.69) is 5.32 Å². The Bertz CT molecular complexity index is 1030. The fourth-order valence-corrected chi connectivity index (χ4v) is 5.23. The Kier molecular flexibility index (Phi) is 6.58. The number of esters is 1. The van der Waals surface area contributed by atoms with E-state index in [-0.39, 0.29) is 11.4 Å². The zero-order valence-corrected chi connectivity index (χ0v) is 18.2.